The van der Waals surface area contributed by atoms with Crippen LogP contribution in [0.4, 0.5) is 0 Å². The highest BCUT2D eigenvalue weighted by Gasteiger charge is 2.41. The Balaban J connectivity index is 2.07. The number of nitrogens with zero attached hydrogens (tertiary/aromatic N) is 1. The van der Waals surface area contributed by atoms with Crippen LogP contribution in [0, 0.1) is 5.41 Å². The molecule has 1 saturated carbocycles. The van der Waals surface area contributed by atoms with Crippen LogP contribution in [0.3, 0.4) is 0 Å². The van der Waals surface area contributed by atoms with E-state index in [0.29, 0.717) is 19.5 Å². The van der Waals surface area contributed by atoms with E-state index >= 15 is 0 Å². The molecule has 2 aliphatic rings. The van der Waals surface area contributed by atoms with Gasteiger partial charge in [0.2, 0.25) is 11.8 Å². The van der Waals surface area contributed by atoms with E-state index < -0.39 is 17.4 Å². The first-order chi connectivity index (χ1) is 9.97. The quantitative estimate of drug-likeness (QED) is 0.796. The van der Waals surface area contributed by atoms with Crippen molar-refractivity contribution in [3.05, 3.63) is 0 Å². The Morgan fingerprint density at radius 2 is 2.00 bits per heavy atom. The minimum absolute atomic E-state index is 0.0512. The largest absolute Gasteiger partial charge is 0.481 e. The van der Waals surface area contributed by atoms with E-state index in [2.05, 4.69) is 5.32 Å². The number of hydrogen-bond acceptors (Lipinski definition) is 3. The van der Waals surface area contributed by atoms with Gasteiger partial charge in [0.25, 0.3) is 0 Å². The Hall–Kier alpha value is -1.59. The average molecular weight is 296 g/mol. The lowest BCUT2D eigenvalue weighted by Gasteiger charge is -2.37. The maximum Gasteiger partial charge on any atom is 0.303 e. The van der Waals surface area contributed by atoms with Gasteiger partial charge in [-0.2, -0.15) is 0 Å². The van der Waals surface area contributed by atoms with Gasteiger partial charge in [-0.05, 0) is 24.7 Å². The number of amides is 2. The van der Waals surface area contributed by atoms with Crippen LogP contribution < -0.4 is 5.32 Å². The van der Waals surface area contributed by atoms with Crippen molar-refractivity contribution >= 4 is 17.8 Å². The first-order valence-electron chi connectivity index (χ1n) is 7.76. The Bertz CT molecular complexity index is 429. The van der Waals surface area contributed by atoms with Crippen molar-refractivity contribution in [2.24, 2.45) is 5.41 Å². The average Bonchev–Trinajstić information content (AvgIpc) is 2.85. The Kier molecular flexibility index (Phi) is 4.85. The second kappa shape index (κ2) is 6.45. The molecular weight excluding hydrogens is 272 g/mol. The van der Waals surface area contributed by atoms with Crippen molar-refractivity contribution in [2.45, 2.75) is 57.9 Å². The zero-order chi connectivity index (χ0) is 15.5. The van der Waals surface area contributed by atoms with E-state index in [0.717, 1.165) is 25.7 Å². The zero-order valence-corrected chi connectivity index (χ0v) is 12.6. The van der Waals surface area contributed by atoms with E-state index in [-0.39, 0.29) is 24.7 Å². The fourth-order valence-corrected chi connectivity index (χ4v) is 3.70. The first-order valence-corrected chi connectivity index (χ1v) is 7.76. The number of carboxylic acid groups (broad SMARTS) is 1. The van der Waals surface area contributed by atoms with E-state index in [4.69, 9.17) is 5.11 Å². The molecule has 0 bridgehead atoms. The van der Waals surface area contributed by atoms with Gasteiger partial charge in [0, 0.05) is 19.5 Å². The predicted molar refractivity (Wildman–Crippen MR) is 76.6 cm³/mol. The van der Waals surface area contributed by atoms with Crippen LogP contribution in [-0.2, 0) is 14.4 Å². The van der Waals surface area contributed by atoms with Gasteiger partial charge in [-0.25, -0.2) is 0 Å². The van der Waals surface area contributed by atoms with E-state index in [1.807, 2.05) is 6.92 Å². The molecule has 0 aromatic rings. The van der Waals surface area contributed by atoms with Gasteiger partial charge < -0.3 is 15.3 Å². The van der Waals surface area contributed by atoms with Crippen molar-refractivity contribution in [3.8, 4) is 0 Å². The summed E-state index contributed by atoms with van der Waals surface area (Å²) in [6.07, 6.45) is 4.45. The molecule has 2 fully saturated rings. The monoisotopic (exact) mass is 296 g/mol. The lowest BCUT2D eigenvalue weighted by atomic mass is 9.79. The number of piperazine rings is 1. The van der Waals surface area contributed by atoms with Gasteiger partial charge in [0.15, 0.2) is 0 Å². The molecule has 21 heavy (non-hydrogen) atoms. The highest BCUT2D eigenvalue weighted by Crippen LogP contribution is 2.44. The number of carbonyl (C=O) groups excluding carboxylic acids is 2. The molecule has 2 rings (SSSR count). The number of carbonyl (C=O) groups is 3. The standard InChI is InChI=1S/C15H24N2O4/c1-2-11-14(21)16-7-8-17(11)12(18)9-15(10-13(19)20)5-3-4-6-15/h11H,2-10H2,1H3,(H,16,21)(H,19,20). The van der Waals surface area contributed by atoms with Crippen LogP contribution >= 0.6 is 0 Å². The second-order valence-corrected chi connectivity index (χ2v) is 6.26. The highest BCUT2D eigenvalue weighted by molar-refractivity contribution is 5.89. The molecular formula is C15H24N2O4. The Morgan fingerprint density at radius 3 is 2.57 bits per heavy atom. The molecule has 6 heteroatoms. The predicted octanol–water partition coefficient (Wildman–Crippen LogP) is 1.15. The van der Waals surface area contributed by atoms with Crippen LogP contribution in [0.1, 0.15) is 51.9 Å². The normalized spacial score (nSPS) is 24.7. The summed E-state index contributed by atoms with van der Waals surface area (Å²) in [4.78, 5) is 37.2. The van der Waals surface area contributed by atoms with Crippen LogP contribution in [0.2, 0.25) is 0 Å². The van der Waals surface area contributed by atoms with Gasteiger partial charge in [-0.15, -0.1) is 0 Å². The fourth-order valence-electron chi connectivity index (χ4n) is 3.70. The summed E-state index contributed by atoms with van der Waals surface area (Å²) in [7, 11) is 0. The maximum absolute atomic E-state index is 12.6. The minimum atomic E-state index is -0.840. The molecule has 0 radical (unpaired) electrons. The lowest BCUT2D eigenvalue weighted by molar-refractivity contribution is -0.147. The van der Waals surface area contributed by atoms with Crippen LogP contribution in [0.5, 0.6) is 0 Å². The Morgan fingerprint density at radius 1 is 1.33 bits per heavy atom. The molecule has 6 nitrogen and oxygen atoms in total. The van der Waals surface area contributed by atoms with Gasteiger partial charge in [-0.1, -0.05) is 19.8 Å². The lowest BCUT2D eigenvalue weighted by Crippen LogP contribution is -2.57. The van der Waals surface area contributed by atoms with Gasteiger partial charge in [0.1, 0.15) is 6.04 Å². The van der Waals surface area contributed by atoms with Gasteiger partial charge in [-0.3, -0.25) is 14.4 Å². The smallest absolute Gasteiger partial charge is 0.303 e. The fraction of sp³-hybridized carbons (Fsp3) is 0.800. The summed E-state index contributed by atoms with van der Waals surface area (Å²) in [6, 6.07) is -0.408. The van der Waals surface area contributed by atoms with E-state index in [1.165, 1.54) is 0 Å². The van der Waals surface area contributed by atoms with Crippen molar-refractivity contribution in [1.29, 1.82) is 0 Å². The molecule has 0 spiro atoms. The molecule has 1 aliphatic carbocycles. The van der Waals surface area contributed by atoms with Crippen LogP contribution in [0.25, 0.3) is 0 Å². The zero-order valence-electron chi connectivity index (χ0n) is 12.6. The third kappa shape index (κ3) is 3.54. The number of rotatable bonds is 5. The molecule has 2 amide bonds. The molecule has 0 aromatic carbocycles. The van der Waals surface area contributed by atoms with Crippen LogP contribution in [0.15, 0.2) is 0 Å². The van der Waals surface area contributed by atoms with Crippen LogP contribution in [-0.4, -0.2) is 46.9 Å². The Labute approximate surface area is 124 Å². The SMILES string of the molecule is CCC1C(=O)NCCN1C(=O)CC1(CC(=O)O)CCCC1. The third-order valence-electron chi connectivity index (χ3n) is 4.75. The van der Waals surface area contributed by atoms with Crippen molar-refractivity contribution < 1.29 is 19.5 Å². The first kappa shape index (κ1) is 15.8. The molecule has 1 heterocycles. The number of carboxylic acids is 1. The van der Waals surface area contributed by atoms with Crippen molar-refractivity contribution in [1.82, 2.24) is 10.2 Å². The molecule has 0 aromatic heterocycles. The van der Waals surface area contributed by atoms with E-state index in [9.17, 15) is 14.4 Å². The summed E-state index contributed by atoms with van der Waals surface area (Å²) in [5, 5.41) is 11.9. The molecule has 1 unspecified atom stereocenters. The number of hydrogen-bond donors (Lipinski definition) is 2. The second-order valence-electron chi connectivity index (χ2n) is 6.26. The molecule has 2 N–H and O–H groups in total. The summed E-state index contributed by atoms with van der Waals surface area (Å²) >= 11 is 0. The topological polar surface area (TPSA) is 86.7 Å². The highest BCUT2D eigenvalue weighted by atomic mass is 16.4. The van der Waals surface area contributed by atoms with Crippen molar-refractivity contribution in [2.75, 3.05) is 13.1 Å². The number of nitrogens with one attached hydrogen (secondary N) is 1. The van der Waals surface area contributed by atoms with Gasteiger partial charge in [0.05, 0.1) is 6.42 Å². The van der Waals surface area contributed by atoms with Gasteiger partial charge >= 0.3 is 5.97 Å². The third-order valence-corrected chi connectivity index (χ3v) is 4.75. The molecule has 118 valence electrons. The number of aliphatic carboxylic acids is 1. The molecule has 1 atom stereocenters. The van der Waals surface area contributed by atoms with E-state index in [1.54, 1.807) is 4.90 Å². The minimum Gasteiger partial charge on any atom is -0.481 e. The maximum atomic E-state index is 12.6. The molecule has 1 aliphatic heterocycles. The summed E-state index contributed by atoms with van der Waals surface area (Å²) in [5.41, 5.74) is -0.408. The summed E-state index contributed by atoms with van der Waals surface area (Å²) < 4.78 is 0. The summed E-state index contributed by atoms with van der Waals surface area (Å²) in [5.74, 6) is -1.01. The summed E-state index contributed by atoms with van der Waals surface area (Å²) in [6.45, 7) is 2.89. The van der Waals surface area contributed by atoms with Crippen molar-refractivity contribution in [3.63, 3.8) is 0 Å². The molecule has 1 saturated heterocycles.